The molecule has 0 unspecified atom stereocenters. The summed E-state index contributed by atoms with van der Waals surface area (Å²) in [5, 5.41) is 1.18. The van der Waals surface area contributed by atoms with Crippen molar-refractivity contribution >= 4 is 58.3 Å². The van der Waals surface area contributed by atoms with Gasteiger partial charge in [0.25, 0.3) is 0 Å². The van der Waals surface area contributed by atoms with Gasteiger partial charge in [0.1, 0.15) is 17.2 Å². The van der Waals surface area contributed by atoms with Crippen molar-refractivity contribution in [2.45, 2.75) is 9.79 Å². The van der Waals surface area contributed by atoms with Crippen LogP contribution in [0.3, 0.4) is 0 Å². The summed E-state index contributed by atoms with van der Waals surface area (Å²) >= 11 is 14.5. The van der Waals surface area contributed by atoms with Gasteiger partial charge in [0, 0.05) is 37.8 Å². The Labute approximate surface area is 207 Å². The average molecular weight is 510 g/mol. The molecule has 4 aromatic rings. The zero-order chi connectivity index (χ0) is 22.9. The third-order valence-electron chi connectivity index (χ3n) is 4.79. The van der Waals surface area contributed by atoms with Crippen LogP contribution in [-0.4, -0.2) is 26.5 Å². The maximum absolute atomic E-state index is 13.6. The highest BCUT2D eigenvalue weighted by Crippen LogP contribution is 2.43. The number of nitrogens with zero attached hydrogens (tertiary/aromatic N) is 2. The van der Waals surface area contributed by atoms with E-state index in [0.717, 1.165) is 15.4 Å². The van der Waals surface area contributed by atoms with Crippen LogP contribution in [-0.2, 0) is 0 Å². The predicted octanol–water partition coefficient (Wildman–Crippen LogP) is 6.95. The van der Waals surface area contributed by atoms with Crippen LogP contribution in [0.15, 0.2) is 92.7 Å². The monoisotopic (exact) mass is 509 g/mol. The summed E-state index contributed by atoms with van der Waals surface area (Å²) in [7, 11) is 0. The van der Waals surface area contributed by atoms with Crippen LogP contribution < -0.4 is 0 Å². The quantitative estimate of drug-likeness (QED) is 0.313. The van der Waals surface area contributed by atoms with Gasteiger partial charge in [-0.05, 0) is 60.7 Å². The van der Waals surface area contributed by atoms with Gasteiger partial charge in [-0.2, -0.15) is 0 Å². The van der Waals surface area contributed by atoms with Crippen molar-refractivity contribution in [2.24, 2.45) is 0 Å². The number of nitrogens with one attached hydrogen (secondary N) is 1. The molecule has 1 aliphatic rings. The summed E-state index contributed by atoms with van der Waals surface area (Å²) in [6.07, 6.45) is 3.25. The van der Waals surface area contributed by atoms with E-state index in [1.807, 2.05) is 24.3 Å². The number of Topliss-reactive ketones (excluding diaryl/α,β-unsaturated/α-hetero) is 2. The largest absolute Gasteiger partial charge is 0.335 e. The van der Waals surface area contributed by atoms with Crippen LogP contribution in [0.1, 0.15) is 21.0 Å². The fraction of sp³-hybridized carbons (Fsp3) is 0. The fourth-order valence-corrected chi connectivity index (χ4v) is 5.47. The molecule has 2 aromatic carbocycles. The SMILES string of the molecule is O=C1C(Sc2ccc(Cl)cc2)=C(Sc2ccc(Cl)cc2)C(=O)c2[nH]c(-c3ccncc3)nc21. The lowest BCUT2D eigenvalue weighted by Crippen LogP contribution is -2.19. The number of rotatable bonds is 5. The van der Waals surface area contributed by atoms with E-state index in [0.29, 0.717) is 25.7 Å². The van der Waals surface area contributed by atoms with Gasteiger partial charge >= 0.3 is 0 Å². The van der Waals surface area contributed by atoms with Gasteiger partial charge in [-0.3, -0.25) is 14.6 Å². The molecule has 5 nitrogen and oxygen atoms in total. The molecule has 9 heteroatoms. The summed E-state index contributed by atoms with van der Waals surface area (Å²) in [5.41, 5.74) is 1.03. The van der Waals surface area contributed by atoms with Crippen LogP contribution in [0.5, 0.6) is 0 Å². The van der Waals surface area contributed by atoms with Gasteiger partial charge in [0.05, 0.1) is 9.81 Å². The minimum Gasteiger partial charge on any atom is -0.335 e. The van der Waals surface area contributed by atoms with Crippen LogP contribution in [0.4, 0.5) is 0 Å². The Morgan fingerprint density at radius 3 is 1.76 bits per heavy atom. The average Bonchev–Trinajstić information content (AvgIpc) is 3.29. The highest BCUT2D eigenvalue weighted by Gasteiger charge is 2.37. The standard InChI is InChI=1S/C24H13Cl2N3O2S2/c25-14-1-5-16(6-2-14)32-22-20(30)18-19(29-24(28-18)13-9-11-27-12-10-13)21(31)23(22)33-17-7-3-15(26)4-8-17/h1-12H,(H,28,29). The molecule has 0 radical (unpaired) electrons. The van der Waals surface area contributed by atoms with E-state index in [1.165, 1.54) is 23.5 Å². The maximum atomic E-state index is 13.6. The Morgan fingerprint density at radius 1 is 0.697 bits per heavy atom. The highest BCUT2D eigenvalue weighted by atomic mass is 35.5. The second-order valence-electron chi connectivity index (χ2n) is 6.97. The lowest BCUT2D eigenvalue weighted by molar-refractivity contribution is 0.0983. The van der Waals surface area contributed by atoms with Gasteiger partial charge in [-0.15, -0.1) is 0 Å². The molecule has 1 aliphatic carbocycles. The first-order valence-electron chi connectivity index (χ1n) is 9.70. The van der Waals surface area contributed by atoms with Crippen LogP contribution in [0.25, 0.3) is 11.4 Å². The molecule has 2 aromatic heterocycles. The molecule has 0 saturated heterocycles. The van der Waals surface area contributed by atoms with E-state index in [4.69, 9.17) is 23.2 Å². The smallest absolute Gasteiger partial charge is 0.221 e. The first-order chi connectivity index (χ1) is 16.0. The van der Waals surface area contributed by atoms with Gasteiger partial charge in [0.2, 0.25) is 11.6 Å². The summed E-state index contributed by atoms with van der Waals surface area (Å²) in [5.74, 6) is -0.149. The number of carbonyl (C=O) groups is 2. The molecule has 1 N–H and O–H groups in total. The van der Waals surface area contributed by atoms with Gasteiger partial charge in [-0.1, -0.05) is 46.7 Å². The number of hydrogen-bond acceptors (Lipinski definition) is 6. The van der Waals surface area contributed by atoms with Crippen molar-refractivity contribution in [3.8, 4) is 11.4 Å². The molecule has 162 valence electrons. The summed E-state index contributed by atoms with van der Waals surface area (Å²) in [4.78, 5) is 40.9. The minimum atomic E-state index is -0.308. The molecule has 2 heterocycles. The Bertz CT molecular complexity index is 1310. The van der Waals surface area contributed by atoms with Gasteiger partial charge < -0.3 is 4.98 Å². The van der Waals surface area contributed by atoms with Crippen molar-refractivity contribution in [3.63, 3.8) is 0 Å². The number of halogens is 2. The van der Waals surface area contributed by atoms with Crippen molar-refractivity contribution in [3.05, 3.63) is 104 Å². The van der Waals surface area contributed by atoms with Crippen molar-refractivity contribution < 1.29 is 9.59 Å². The minimum absolute atomic E-state index is 0.115. The number of imidazole rings is 1. The molecular formula is C24H13Cl2N3O2S2. The van der Waals surface area contributed by atoms with Crippen molar-refractivity contribution in [1.29, 1.82) is 0 Å². The molecule has 0 saturated carbocycles. The Morgan fingerprint density at radius 2 is 1.21 bits per heavy atom. The summed E-state index contributed by atoms with van der Waals surface area (Å²) in [6.45, 7) is 0. The molecule has 0 aliphatic heterocycles. The number of pyridine rings is 1. The summed E-state index contributed by atoms with van der Waals surface area (Å²) < 4.78 is 0. The normalized spacial score (nSPS) is 13.4. The Balaban J connectivity index is 1.59. The van der Waals surface area contributed by atoms with E-state index in [9.17, 15) is 9.59 Å². The number of ketones is 2. The summed E-state index contributed by atoms with van der Waals surface area (Å²) in [6, 6.07) is 17.7. The Kier molecular flexibility index (Phi) is 6.12. The molecule has 0 atom stereocenters. The highest BCUT2D eigenvalue weighted by molar-refractivity contribution is 8.08. The zero-order valence-electron chi connectivity index (χ0n) is 16.7. The predicted molar refractivity (Wildman–Crippen MR) is 132 cm³/mol. The van der Waals surface area contributed by atoms with Crippen LogP contribution in [0, 0.1) is 0 Å². The number of benzene rings is 2. The third kappa shape index (κ3) is 4.50. The van der Waals surface area contributed by atoms with Gasteiger partial charge in [0.15, 0.2) is 0 Å². The number of allylic oxidation sites excluding steroid dienone is 2. The number of aromatic nitrogens is 3. The number of aromatic amines is 1. The maximum Gasteiger partial charge on any atom is 0.221 e. The molecule has 0 amide bonds. The molecule has 5 rings (SSSR count). The Hall–Kier alpha value is -2.84. The lowest BCUT2D eigenvalue weighted by Gasteiger charge is -2.17. The van der Waals surface area contributed by atoms with E-state index in [-0.39, 0.29) is 23.0 Å². The van der Waals surface area contributed by atoms with Gasteiger partial charge in [-0.25, -0.2) is 4.98 Å². The number of carbonyl (C=O) groups excluding carboxylic acids is 2. The number of hydrogen-bond donors (Lipinski definition) is 1. The van der Waals surface area contributed by atoms with E-state index in [1.54, 1.807) is 48.8 Å². The topological polar surface area (TPSA) is 75.7 Å². The number of H-pyrrole nitrogens is 1. The first kappa shape index (κ1) is 22.0. The van der Waals surface area contributed by atoms with Crippen LogP contribution in [0.2, 0.25) is 10.0 Å². The zero-order valence-corrected chi connectivity index (χ0v) is 19.9. The first-order valence-corrected chi connectivity index (χ1v) is 12.1. The molecule has 0 bridgehead atoms. The molecular weight excluding hydrogens is 497 g/mol. The third-order valence-corrected chi connectivity index (χ3v) is 7.62. The van der Waals surface area contributed by atoms with E-state index < -0.39 is 0 Å². The second kappa shape index (κ2) is 9.19. The number of thioether (sulfide) groups is 2. The van der Waals surface area contributed by atoms with E-state index in [2.05, 4.69) is 15.0 Å². The lowest BCUT2D eigenvalue weighted by atomic mass is 10.1. The van der Waals surface area contributed by atoms with E-state index >= 15 is 0 Å². The van der Waals surface area contributed by atoms with Crippen molar-refractivity contribution in [1.82, 2.24) is 15.0 Å². The fourth-order valence-electron chi connectivity index (χ4n) is 3.20. The van der Waals surface area contributed by atoms with Crippen molar-refractivity contribution in [2.75, 3.05) is 0 Å². The molecule has 0 spiro atoms. The molecule has 33 heavy (non-hydrogen) atoms. The number of fused-ring (bicyclic) bond motifs is 1. The molecule has 0 fully saturated rings. The van der Waals surface area contributed by atoms with Crippen LogP contribution >= 0.6 is 46.7 Å². The second-order valence-corrected chi connectivity index (χ2v) is 10.0.